The van der Waals surface area contributed by atoms with Gasteiger partial charge in [0.05, 0.1) is 0 Å². The third kappa shape index (κ3) is 4.00. The molecule has 2 aromatic rings. The first-order valence-electron chi connectivity index (χ1n) is 5.80. The Hall–Kier alpha value is -2.00. The first-order valence-corrected chi connectivity index (χ1v) is 6.17. The van der Waals surface area contributed by atoms with Gasteiger partial charge >= 0.3 is 5.97 Å². The Labute approximate surface area is 116 Å². The number of aryl methyl sites for hydroxylation is 1. The van der Waals surface area contributed by atoms with E-state index in [0.29, 0.717) is 16.5 Å². The highest BCUT2D eigenvalue weighted by molar-refractivity contribution is 6.30. The second-order valence-electron chi connectivity index (χ2n) is 3.99. The lowest BCUT2D eigenvalue weighted by Gasteiger charge is -2.09. The average molecular weight is 277 g/mol. The van der Waals surface area contributed by atoms with Gasteiger partial charge in [0.15, 0.2) is 6.61 Å². The smallest absolute Gasteiger partial charge is 0.349 e. The molecule has 0 bridgehead atoms. The Bertz CT molecular complexity index is 567. The maximum Gasteiger partial charge on any atom is 0.349 e. The first kappa shape index (κ1) is 13.4. The Morgan fingerprint density at radius 3 is 2.58 bits per heavy atom. The fraction of sp³-hybridized carbons (Fsp3) is 0.133. The molecular formula is C15H13ClO3. The molecule has 0 amide bonds. The van der Waals surface area contributed by atoms with Crippen molar-refractivity contribution in [2.45, 2.75) is 6.92 Å². The largest absolute Gasteiger partial charge is 0.482 e. The van der Waals surface area contributed by atoms with E-state index in [4.69, 9.17) is 21.1 Å². The van der Waals surface area contributed by atoms with Gasteiger partial charge in [0.2, 0.25) is 0 Å². The first-order chi connectivity index (χ1) is 9.15. The van der Waals surface area contributed by atoms with Gasteiger partial charge in [-0.25, -0.2) is 4.79 Å². The lowest BCUT2D eigenvalue weighted by molar-refractivity contribution is -0.136. The number of ether oxygens (including phenoxy) is 2. The summed E-state index contributed by atoms with van der Waals surface area (Å²) in [6, 6.07) is 14.1. The summed E-state index contributed by atoms with van der Waals surface area (Å²) in [5.74, 6) is 0.680. The highest BCUT2D eigenvalue weighted by atomic mass is 35.5. The van der Waals surface area contributed by atoms with Gasteiger partial charge in [0, 0.05) is 5.02 Å². The van der Waals surface area contributed by atoms with Crippen LogP contribution < -0.4 is 9.47 Å². The van der Waals surface area contributed by atoms with E-state index < -0.39 is 5.97 Å². The Balaban J connectivity index is 1.90. The van der Waals surface area contributed by atoms with E-state index in [1.807, 2.05) is 13.0 Å². The van der Waals surface area contributed by atoms with Gasteiger partial charge in [0.25, 0.3) is 0 Å². The lowest BCUT2D eigenvalue weighted by Crippen LogP contribution is -2.17. The van der Waals surface area contributed by atoms with E-state index in [2.05, 4.69) is 0 Å². The van der Waals surface area contributed by atoms with E-state index in [9.17, 15) is 4.79 Å². The molecule has 0 unspecified atom stereocenters. The molecule has 2 rings (SSSR count). The molecule has 3 nitrogen and oxygen atoms in total. The highest BCUT2D eigenvalue weighted by Crippen LogP contribution is 2.21. The molecule has 0 aliphatic carbocycles. The number of esters is 1. The van der Waals surface area contributed by atoms with Gasteiger partial charge in [-0.1, -0.05) is 29.8 Å². The molecule has 0 aromatic heterocycles. The number of benzene rings is 2. The van der Waals surface area contributed by atoms with E-state index in [0.717, 1.165) is 5.56 Å². The molecule has 0 heterocycles. The molecule has 0 fully saturated rings. The summed E-state index contributed by atoms with van der Waals surface area (Å²) < 4.78 is 10.5. The molecule has 4 heteroatoms. The molecule has 0 aliphatic heterocycles. The molecule has 0 spiro atoms. The summed E-state index contributed by atoms with van der Waals surface area (Å²) in [6.45, 7) is 1.72. The van der Waals surface area contributed by atoms with Gasteiger partial charge in [0.1, 0.15) is 11.5 Å². The maximum atomic E-state index is 11.6. The quantitative estimate of drug-likeness (QED) is 0.632. The van der Waals surface area contributed by atoms with Crippen LogP contribution in [0.2, 0.25) is 5.02 Å². The minimum absolute atomic E-state index is 0.142. The lowest BCUT2D eigenvalue weighted by atomic mass is 10.2. The fourth-order valence-electron chi connectivity index (χ4n) is 1.56. The van der Waals surface area contributed by atoms with E-state index in [1.54, 1.807) is 42.5 Å². The number of hydrogen-bond acceptors (Lipinski definition) is 3. The molecule has 98 valence electrons. The molecule has 0 saturated carbocycles. The molecule has 0 aliphatic rings. The number of carbonyl (C=O) groups is 1. The van der Waals surface area contributed by atoms with Crippen molar-refractivity contribution in [1.29, 1.82) is 0 Å². The van der Waals surface area contributed by atoms with Gasteiger partial charge < -0.3 is 9.47 Å². The zero-order valence-corrected chi connectivity index (χ0v) is 11.2. The summed E-state index contributed by atoms with van der Waals surface area (Å²) in [4.78, 5) is 11.6. The molecule has 0 saturated heterocycles. The molecular weight excluding hydrogens is 264 g/mol. The van der Waals surface area contributed by atoms with Crippen molar-refractivity contribution in [3.05, 3.63) is 59.1 Å². The van der Waals surface area contributed by atoms with Crippen molar-refractivity contribution in [3.8, 4) is 11.5 Å². The van der Waals surface area contributed by atoms with Crippen LogP contribution in [-0.2, 0) is 4.79 Å². The molecule has 0 radical (unpaired) electrons. The number of para-hydroxylation sites is 1. The van der Waals surface area contributed by atoms with Gasteiger partial charge in [-0.15, -0.1) is 0 Å². The Morgan fingerprint density at radius 1 is 1.16 bits per heavy atom. The van der Waals surface area contributed by atoms with Crippen LogP contribution in [0.3, 0.4) is 0 Å². The zero-order valence-electron chi connectivity index (χ0n) is 10.4. The minimum Gasteiger partial charge on any atom is -0.482 e. The van der Waals surface area contributed by atoms with Crippen LogP contribution in [0.15, 0.2) is 48.5 Å². The normalized spacial score (nSPS) is 10.0. The second kappa shape index (κ2) is 6.25. The second-order valence-corrected chi connectivity index (χ2v) is 4.42. The monoisotopic (exact) mass is 276 g/mol. The van der Waals surface area contributed by atoms with Crippen molar-refractivity contribution in [3.63, 3.8) is 0 Å². The molecule has 0 atom stereocenters. The number of halogens is 1. The van der Waals surface area contributed by atoms with Crippen LogP contribution >= 0.6 is 11.6 Å². The van der Waals surface area contributed by atoms with Crippen LogP contribution in [0, 0.1) is 6.92 Å². The third-order valence-corrected chi connectivity index (χ3v) is 2.69. The summed E-state index contributed by atoms with van der Waals surface area (Å²) in [6.07, 6.45) is 0. The SMILES string of the molecule is Cc1cc(Cl)ccc1OCC(=O)Oc1ccccc1. The summed E-state index contributed by atoms with van der Waals surface area (Å²) >= 11 is 5.84. The summed E-state index contributed by atoms with van der Waals surface area (Å²) in [7, 11) is 0. The Morgan fingerprint density at radius 2 is 1.89 bits per heavy atom. The van der Waals surface area contributed by atoms with E-state index >= 15 is 0 Å². The van der Waals surface area contributed by atoms with Crippen molar-refractivity contribution >= 4 is 17.6 Å². The molecule has 2 aromatic carbocycles. The maximum absolute atomic E-state index is 11.6. The van der Waals surface area contributed by atoms with Crippen LogP contribution in [-0.4, -0.2) is 12.6 Å². The third-order valence-electron chi connectivity index (χ3n) is 2.46. The van der Waals surface area contributed by atoms with Crippen molar-refractivity contribution in [1.82, 2.24) is 0 Å². The molecule has 19 heavy (non-hydrogen) atoms. The van der Waals surface area contributed by atoms with Crippen molar-refractivity contribution in [2.75, 3.05) is 6.61 Å². The van der Waals surface area contributed by atoms with Gasteiger partial charge in [-0.3, -0.25) is 0 Å². The van der Waals surface area contributed by atoms with E-state index in [-0.39, 0.29) is 6.61 Å². The standard InChI is InChI=1S/C15H13ClO3/c1-11-9-12(16)7-8-14(11)18-10-15(17)19-13-5-3-2-4-6-13/h2-9H,10H2,1H3. The van der Waals surface area contributed by atoms with Crippen LogP contribution in [0.4, 0.5) is 0 Å². The molecule has 0 N–H and O–H groups in total. The van der Waals surface area contributed by atoms with Crippen LogP contribution in [0.25, 0.3) is 0 Å². The number of carbonyl (C=O) groups excluding carboxylic acids is 1. The van der Waals surface area contributed by atoms with Crippen molar-refractivity contribution < 1.29 is 14.3 Å². The van der Waals surface area contributed by atoms with E-state index in [1.165, 1.54) is 0 Å². The predicted octanol–water partition coefficient (Wildman–Crippen LogP) is 3.63. The average Bonchev–Trinajstić information content (AvgIpc) is 2.39. The fourth-order valence-corrected chi connectivity index (χ4v) is 1.79. The highest BCUT2D eigenvalue weighted by Gasteiger charge is 2.07. The predicted molar refractivity (Wildman–Crippen MR) is 73.8 cm³/mol. The van der Waals surface area contributed by atoms with Crippen LogP contribution in [0.1, 0.15) is 5.56 Å². The number of hydrogen-bond donors (Lipinski definition) is 0. The van der Waals surface area contributed by atoms with Crippen LogP contribution in [0.5, 0.6) is 11.5 Å². The Kier molecular flexibility index (Phi) is 4.42. The minimum atomic E-state index is -0.444. The summed E-state index contributed by atoms with van der Waals surface area (Å²) in [5.41, 5.74) is 0.875. The van der Waals surface area contributed by atoms with Crippen molar-refractivity contribution in [2.24, 2.45) is 0 Å². The summed E-state index contributed by atoms with van der Waals surface area (Å²) in [5, 5.41) is 0.636. The topological polar surface area (TPSA) is 35.5 Å². The van der Waals surface area contributed by atoms with Gasteiger partial charge in [-0.05, 0) is 42.8 Å². The number of rotatable bonds is 4. The zero-order chi connectivity index (χ0) is 13.7. The van der Waals surface area contributed by atoms with Gasteiger partial charge in [-0.2, -0.15) is 0 Å².